The highest BCUT2D eigenvalue weighted by Gasteiger charge is 2.03. The van der Waals surface area contributed by atoms with Gasteiger partial charge < -0.3 is 15.4 Å². The summed E-state index contributed by atoms with van der Waals surface area (Å²) < 4.78 is 5.58. The Hall–Kier alpha value is -2.33. The molecule has 0 saturated carbocycles. The second-order valence-corrected chi connectivity index (χ2v) is 6.01. The minimum atomic E-state index is -0.0350. The molecule has 0 atom stereocenters. The van der Waals surface area contributed by atoms with Crippen LogP contribution in [0.3, 0.4) is 0 Å². The van der Waals surface area contributed by atoms with Crippen molar-refractivity contribution >= 4 is 11.6 Å². The zero-order valence-electron chi connectivity index (χ0n) is 14.4. The molecule has 128 valence electrons. The van der Waals surface area contributed by atoms with Crippen LogP contribution in [0.15, 0.2) is 54.6 Å². The number of anilines is 1. The lowest BCUT2D eigenvalue weighted by Gasteiger charge is -2.11. The second kappa shape index (κ2) is 9.73. The first-order valence-corrected chi connectivity index (χ1v) is 8.44. The number of carbonyl (C=O) groups excluding carboxylic acids is 1. The smallest absolute Gasteiger partial charge is 0.238 e. The van der Waals surface area contributed by atoms with Crippen LogP contribution in [0.4, 0.5) is 5.69 Å². The Morgan fingerprint density at radius 1 is 1.04 bits per heavy atom. The number of carbonyl (C=O) groups is 1. The summed E-state index contributed by atoms with van der Waals surface area (Å²) in [6.07, 6.45) is 2.18. The molecule has 0 aromatic heterocycles. The van der Waals surface area contributed by atoms with Gasteiger partial charge in [-0.3, -0.25) is 4.79 Å². The van der Waals surface area contributed by atoms with Crippen LogP contribution in [0.1, 0.15) is 25.8 Å². The normalized spacial score (nSPS) is 10.6. The van der Waals surface area contributed by atoms with Crippen LogP contribution in [0, 0.1) is 0 Å². The third-order valence-corrected chi connectivity index (χ3v) is 3.46. The van der Waals surface area contributed by atoms with Crippen LogP contribution in [-0.2, 0) is 11.2 Å². The molecule has 24 heavy (non-hydrogen) atoms. The van der Waals surface area contributed by atoms with E-state index in [2.05, 4.69) is 22.8 Å². The molecule has 2 aromatic rings. The summed E-state index contributed by atoms with van der Waals surface area (Å²) in [5.41, 5.74) is 2.11. The summed E-state index contributed by atoms with van der Waals surface area (Å²) >= 11 is 0. The highest BCUT2D eigenvalue weighted by molar-refractivity contribution is 5.92. The van der Waals surface area contributed by atoms with Gasteiger partial charge in [0.15, 0.2) is 0 Å². The highest BCUT2D eigenvalue weighted by atomic mass is 16.5. The number of hydrogen-bond donors (Lipinski definition) is 2. The zero-order valence-corrected chi connectivity index (χ0v) is 14.4. The number of amides is 1. The molecule has 0 unspecified atom stereocenters. The summed E-state index contributed by atoms with van der Waals surface area (Å²) in [5.74, 6) is 0.772. The predicted octanol–water partition coefficient (Wildman–Crippen LogP) is 3.63. The Balaban J connectivity index is 1.62. The molecule has 2 aromatic carbocycles. The van der Waals surface area contributed by atoms with E-state index in [1.54, 1.807) is 0 Å². The molecular weight excluding hydrogens is 300 g/mol. The Kier molecular flexibility index (Phi) is 7.30. The number of ether oxygens (including phenoxy) is 1. The lowest BCUT2D eigenvalue weighted by atomic mass is 10.1. The summed E-state index contributed by atoms with van der Waals surface area (Å²) in [4.78, 5) is 11.9. The topological polar surface area (TPSA) is 50.4 Å². The fourth-order valence-electron chi connectivity index (χ4n) is 2.36. The number of rotatable bonds is 9. The zero-order chi connectivity index (χ0) is 17.2. The maximum atomic E-state index is 11.9. The molecule has 0 aliphatic rings. The first-order chi connectivity index (χ1) is 11.6. The lowest BCUT2D eigenvalue weighted by molar-refractivity contribution is -0.115. The SMILES string of the molecule is CC(C)Oc1ccc(NC(=O)CNCCCc2ccccc2)cc1. The molecule has 0 spiro atoms. The van der Waals surface area contributed by atoms with E-state index in [0.29, 0.717) is 6.54 Å². The first kappa shape index (κ1) is 18.0. The maximum absolute atomic E-state index is 11.9. The monoisotopic (exact) mass is 326 g/mol. The number of hydrogen-bond acceptors (Lipinski definition) is 3. The highest BCUT2D eigenvalue weighted by Crippen LogP contribution is 2.16. The van der Waals surface area contributed by atoms with E-state index < -0.39 is 0 Å². The Morgan fingerprint density at radius 2 is 1.75 bits per heavy atom. The van der Waals surface area contributed by atoms with Gasteiger partial charge in [-0.15, -0.1) is 0 Å². The van der Waals surface area contributed by atoms with Crippen molar-refractivity contribution in [1.29, 1.82) is 0 Å². The molecule has 2 rings (SSSR count). The van der Waals surface area contributed by atoms with Crippen molar-refractivity contribution in [1.82, 2.24) is 5.32 Å². The molecule has 0 saturated heterocycles. The summed E-state index contributed by atoms with van der Waals surface area (Å²) in [6.45, 7) is 5.11. The van der Waals surface area contributed by atoms with Gasteiger partial charge >= 0.3 is 0 Å². The van der Waals surface area contributed by atoms with E-state index in [-0.39, 0.29) is 12.0 Å². The molecule has 1 amide bonds. The largest absolute Gasteiger partial charge is 0.491 e. The van der Waals surface area contributed by atoms with Crippen molar-refractivity contribution in [2.24, 2.45) is 0 Å². The molecular formula is C20H26N2O2. The number of aryl methyl sites for hydroxylation is 1. The number of benzene rings is 2. The van der Waals surface area contributed by atoms with Crippen molar-refractivity contribution in [2.75, 3.05) is 18.4 Å². The van der Waals surface area contributed by atoms with Crippen LogP contribution in [-0.4, -0.2) is 25.1 Å². The third kappa shape index (κ3) is 6.84. The lowest BCUT2D eigenvalue weighted by Crippen LogP contribution is -2.28. The van der Waals surface area contributed by atoms with Crippen LogP contribution in [0.2, 0.25) is 0 Å². The fourth-order valence-corrected chi connectivity index (χ4v) is 2.36. The Labute approximate surface area is 144 Å². The Bertz CT molecular complexity index is 609. The quantitative estimate of drug-likeness (QED) is 0.692. The van der Waals surface area contributed by atoms with E-state index in [1.165, 1.54) is 5.56 Å². The third-order valence-electron chi connectivity index (χ3n) is 3.46. The Morgan fingerprint density at radius 3 is 2.42 bits per heavy atom. The molecule has 0 bridgehead atoms. The minimum Gasteiger partial charge on any atom is -0.491 e. The first-order valence-electron chi connectivity index (χ1n) is 8.44. The molecule has 0 radical (unpaired) electrons. The van der Waals surface area contributed by atoms with Crippen LogP contribution < -0.4 is 15.4 Å². The van der Waals surface area contributed by atoms with Crippen molar-refractivity contribution in [3.8, 4) is 5.75 Å². The predicted molar refractivity (Wildman–Crippen MR) is 98.5 cm³/mol. The van der Waals surface area contributed by atoms with Crippen molar-refractivity contribution in [2.45, 2.75) is 32.8 Å². The summed E-state index contributed by atoms with van der Waals surface area (Å²) in [7, 11) is 0. The van der Waals surface area contributed by atoms with Crippen molar-refractivity contribution in [3.05, 3.63) is 60.2 Å². The van der Waals surface area contributed by atoms with E-state index in [0.717, 1.165) is 30.8 Å². The maximum Gasteiger partial charge on any atom is 0.238 e. The van der Waals surface area contributed by atoms with Crippen LogP contribution in [0.25, 0.3) is 0 Å². The van der Waals surface area contributed by atoms with Gasteiger partial charge in [0, 0.05) is 5.69 Å². The van der Waals surface area contributed by atoms with Crippen LogP contribution in [0.5, 0.6) is 5.75 Å². The summed E-state index contributed by atoms with van der Waals surface area (Å²) in [5, 5.41) is 6.05. The van der Waals surface area contributed by atoms with Gasteiger partial charge in [-0.05, 0) is 63.1 Å². The van der Waals surface area contributed by atoms with E-state index in [1.807, 2.05) is 56.3 Å². The van der Waals surface area contributed by atoms with Gasteiger partial charge in [-0.25, -0.2) is 0 Å². The second-order valence-electron chi connectivity index (χ2n) is 6.01. The van der Waals surface area contributed by atoms with E-state index in [4.69, 9.17) is 4.74 Å². The van der Waals surface area contributed by atoms with Gasteiger partial charge in [0.25, 0.3) is 0 Å². The molecule has 0 fully saturated rings. The molecule has 0 heterocycles. The number of nitrogens with one attached hydrogen (secondary N) is 2. The molecule has 0 aliphatic carbocycles. The standard InChI is InChI=1S/C20H26N2O2/c1-16(2)24-19-12-10-18(11-13-19)22-20(23)15-21-14-6-9-17-7-4-3-5-8-17/h3-5,7-8,10-13,16,21H,6,9,14-15H2,1-2H3,(H,22,23). The van der Waals surface area contributed by atoms with Gasteiger partial charge in [-0.2, -0.15) is 0 Å². The van der Waals surface area contributed by atoms with Crippen molar-refractivity contribution in [3.63, 3.8) is 0 Å². The summed E-state index contributed by atoms with van der Waals surface area (Å²) in [6, 6.07) is 17.8. The van der Waals surface area contributed by atoms with Gasteiger partial charge in [-0.1, -0.05) is 30.3 Å². The van der Waals surface area contributed by atoms with E-state index in [9.17, 15) is 4.79 Å². The van der Waals surface area contributed by atoms with Gasteiger partial charge in [0.2, 0.25) is 5.91 Å². The average molecular weight is 326 g/mol. The van der Waals surface area contributed by atoms with Gasteiger partial charge in [0.05, 0.1) is 12.6 Å². The van der Waals surface area contributed by atoms with E-state index >= 15 is 0 Å². The van der Waals surface area contributed by atoms with Crippen LogP contribution >= 0.6 is 0 Å². The average Bonchev–Trinajstić information content (AvgIpc) is 2.57. The molecule has 4 heteroatoms. The molecule has 2 N–H and O–H groups in total. The van der Waals surface area contributed by atoms with Gasteiger partial charge in [0.1, 0.15) is 5.75 Å². The fraction of sp³-hybridized carbons (Fsp3) is 0.350. The minimum absolute atomic E-state index is 0.0350. The molecule has 0 aliphatic heterocycles. The van der Waals surface area contributed by atoms with Crippen molar-refractivity contribution < 1.29 is 9.53 Å². The molecule has 4 nitrogen and oxygen atoms in total.